The van der Waals surface area contributed by atoms with Gasteiger partial charge in [-0.1, -0.05) is 0 Å². The van der Waals surface area contributed by atoms with Gasteiger partial charge in [-0.05, 0) is 47.4 Å². The highest BCUT2D eigenvalue weighted by molar-refractivity contribution is 9.10. The molecule has 2 aliphatic heterocycles. The molecule has 136 valence electrons. The minimum Gasteiger partial charge on any atom is -0.493 e. The molecule has 2 saturated heterocycles. The Morgan fingerprint density at radius 2 is 2.20 bits per heavy atom. The Bertz CT molecular complexity index is 811. The molecular formula is C16H17Br2F2N3O2. The van der Waals surface area contributed by atoms with Crippen LogP contribution in [0.4, 0.5) is 8.78 Å². The van der Waals surface area contributed by atoms with E-state index in [1.165, 1.54) is 12.1 Å². The van der Waals surface area contributed by atoms with E-state index < -0.39 is 12.0 Å². The van der Waals surface area contributed by atoms with E-state index in [1.807, 2.05) is 0 Å². The summed E-state index contributed by atoms with van der Waals surface area (Å²) in [6, 6.07) is 2.92. The summed E-state index contributed by atoms with van der Waals surface area (Å²) < 4.78 is 33.9. The van der Waals surface area contributed by atoms with E-state index in [9.17, 15) is 13.9 Å². The van der Waals surface area contributed by atoms with Crippen LogP contribution in [0.25, 0.3) is 10.9 Å². The zero-order chi connectivity index (χ0) is 16.9. The summed E-state index contributed by atoms with van der Waals surface area (Å²) >= 11 is 3.09. The number of rotatable bonds is 3. The Morgan fingerprint density at radius 1 is 1.40 bits per heavy atom. The maximum atomic E-state index is 14.2. The lowest BCUT2D eigenvalue weighted by Crippen LogP contribution is -2.43. The van der Waals surface area contributed by atoms with Crippen LogP contribution in [0, 0.1) is 5.82 Å². The van der Waals surface area contributed by atoms with Crippen LogP contribution in [-0.2, 0) is 0 Å². The van der Waals surface area contributed by atoms with Crippen LogP contribution in [0.3, 0.4) is 0 Å². The molecule has 1 aromatic carbocycles. The zero-order valence-corrected chi connectivity index (χ0v) is 16.5. The van der Waals surface area contributed by atoms with Crippen molar-refractivity contribution < 1.29 is 18.6 Å². The molecule has 0 saturated carbocycles. The second-order valence-electron chi connectivity index (χ2n) is 6.45. The first-order valence-electron chi connectivity index (χ1n) is 7.85. The highest BCUT2D eigenvalue weighted by Crippen LogP contribution is 2.40. The minimum atomic E-state index is -0.853. The first-order chi connectivity index (χ1) is 11.5. The monoisotopic (exact) mass is 479 g/mol. The molecule has 4 rings (SSSR count). The van der Waals surface area contributed by atoms with Gasteiger partial charge in [0.15, 0.2) is 5.82 Å². The fourth-order valence-electron chi connectivity index (χ4n) is 3.81. The van der Waals surface area contributed by atoms with Gasteiger partial charge in [0.25, 0.3) is 0 Å². The molecule has 0 bridgehead atoms. The van der Waals surface area contributed by atoms with E-state index in [1.54, 1.807) is 0 Å². The SMILES string of the molecule is Br.Oc1nc(OC[C@@]23CCCN2C[C@H](F)C3)nc2c(F)c(Br)ccc12. The molecule has 0 amide bonds. The number of alkyl halides is 1. The predicted octanol–water partition coefficient (Wildman–Crippen LogP) is 3.77. The van der Waals surface area contributed by atoms with Crippen molar-refractivity contribution in [1.29, 1.82) is 0 Å². The van der Waals surface area contributed by atoms with Gasteiger partial charge in [0.1, 0.15) is 18.3 Å². The molecule has 0 radical (unpaired) electrons. The van der Waals surface area contributed by atoms with Crippen LogP contribution in [0.1, 0.15) is 19.3 Å². The topological polar surface area (TPSA) is 58.5 Å². The molecule has 0 aliphatic carbocycles. The van der Waals surface area contributed by atoms with Gasteiger partial charge in [-0.2, -0.15) is 9.97 Å². The molecular weight excluding hydrogens is 464 g/mol. The van der Waals surface area contributed by atoms with Gasteiger partial charge >= 0.3 is 6.01 Å². The minimum absolute atomic E-state index is 0. The Kier molecular flexibility index (Phi) is 5.18. The van der Waals surface area contributed by atoms with E-state index in [4.69, 9.17) is 4.74 Å². The normalized spacial score (nSPS) is 25.8. The average molecular weight is 481 g/mol. The van der Waals surface area contributed by atoms with Crippen molar-refractivity contribution in [3.63, 3.8) is 0 Å². The van der Waals surface area contributed by atoms with E-state index >= 15 is 0 Å². The number of aromatic hydroxyl groups is 1. The van der Waals surface area contributed by atoms with Gasteiger partial charge in [0, 0.05) is 13.0 Å². The van der Waals surface area contributed by atoms with E-state index in [-0.39, 0.29) is 56.4 Å². The number of aromatic nitrogens is 2. The van der Waals surface area contributed by atoms with Crippen molar-refractivity contribution in [1.82, 2.24) is 14.9 Å². The second-order valence-corrected chi connectivity index (χ2v) is 7.31. The molecule has 1 N–H and O–H groups in total. The number of ether oxygens (including phenoxy) is 1. The Morgan fingerprint density at radius 3 is 3.00 bits per heavy atom. The Hall–Kier alpha value is -1.06. The number of hydrogen-bond acceptors (Lipinski definition) is 5. The molecule has 0 spiro atoms. The lowest BCUT2D eigenvalue weighted by Gasteiger charge is -2.30. The average Bonchev–Trinajstić information content (AvgIpc) is 3.05. The molecule has 2 aromatic rings. The van der Waals surface area contributed by atoms with Gasteiger partial charge in [0.05, 0.1) is 15.4 Å². The van der Waals surface area contributed by atoms with Crippen LogP contribution in [0.5, 0.6) is 11.9 Å². The van der Waals surface area contributed by atoms with Crippen molar-refractivity contribution >= 4 is 43.8 Å². The smallest absolute Gasteiger partial charge is 0.320 e. The number of benzene rings is 1. The summed E-state index contributed by atoms with van der Waals surface area (Å²) in [5.74, 6) is -0.919. The van der Waals surface area contributed by atoms with Gasteiger partial charge in [0.2, 0.25) is 5.88 Å². The lowest BCUT2D eigenvalue weighted by atomic mass is 9.95. The number of fused-ring (bicyclic) bond motifs is 2. The van der Waals surface area contributed by atoms with Crippen LogP contribution in [-0.4, -0.2) is 51.4 Å². The largest absolute Gasteiger partial charge is 0.493 e. The van der Waals surface area contributed by atoms with Crippen molar-refractivity contribution in [2.75, 3.05) is 19.7 Å². The molecule has 2 atom stereocenters. The van der Waals surface area contributed by atoms with Crippen molar-refractivity contribution in [3.05, 3.63) is 22.4 Å². The summed E-state index contributed by atoms with van der Waals surface area (Å²) in [6.45, 7) is 1.51. The predicted molar refractivity (Wildman–Crippen MR) is 97.7 cm³/mol. The van der Waals surface area contributed by atoms with Crippen molar-refractivity contribution in [3.8, 4) is 11.9 Å². The lowest BCUT2D eigenvalue weighted by molar-refractivity contribution is 0.107. The molecule has 3 heterocycles. The molecule has 1 aromatic heterocycles. The molecule has 5 nitrogen and oxygen atoms in total. The second kappa shape index (κ2) is 6.92. The number of hydrogen-bond donors (Lipinski definition) is 1. The third-order valence-electron chi connectivity index (χ3n) is 4.95. The molecule has 9 heteroatoms. The fraction of sp³-hybridized carbons (Fsp3) is 0.500. The highest BCUT2D eigenvalue weighted by Gasteiger charge is 2.49. The van der Waals surface area contributed by atoms with Gasteiger partial charge in [-0.15, -0.1) is 17.0 Å². The van der Waals surface area contributed by atoms with Crippen LogP contribution >= 0.6 is 32.9 Å². The number of halogens is 4. The maximum absolute atomic E-state index is 14.2. The Labute approximate surface area is 162 Å². The molecule has 2 aliphatic rings. The standard InChI is InChI=1S/C16H16BrF2N3O2.BrH/c17-11-3-2-10-13(12(11)19)20-15(21-14(10)23)24-8-16-4-1-5-22(16)7-9(18)6-16;/h2-3,9H,1,4-8H2,(H,20,21,23);1H/t9-,16+;/m1./s1. The van der Waals surface area contributed by atoms with E-state index in [0.717, 1.165) is 19.4 Å². The first-order valence-corrected chi connectivity index (χ1v) is 8.64. The quantitative estimate of drug-likeness (QED) is 0.724. The maximum Gasteiger partial charge on any atom is 0.320 e. The van der Waals surface area contributed by atoms with Crippen molar-refractivity contribution in [2.45, 2.75) is 31.0 Å². The van der Waals surface area contributed by atoms with Crippen LogP contribution in [0.2, 0.25) is 0 Å². The summed E-state index contributed by atoms with van der Waals surface area (Å²) in [5, 5.41) is 10.2. The molecule has 0 unspecified atom stereocenters. The summed E-state index contributed by atoms with van der Waals surface area (Å²) in [4.78, 5) is 10.1. The van der Waals surface area contributed by atoms with E-state index in [2.05, 4.69) is 30.8 Å². The van der Waals surface area contributed by atoms with Gasteiger partial charge < -0.3 is 9.84 Å². The van der Waals surface area contributed by atoms with Crippen LogP contribution < -0.4 is 4.74 Å². The Balaban J connectivity index is 0.00000182. The fourth-order valence-corrected chi connectivity index (χ4v) is 4.13. The van der Waals surface area contributed by atoms with Crippen molar-refractivity contribution in [2.24, 2.45) is 0 Å². The summed E-state index contributed by atoms with van der Waals surface area (Å²) in [5.41, 5.74) is -0.356. The van der Waals surface area contributed by atoms with Gasteiger partial charge in [-0.3, -0.25) is 4.90 Å². The summed E-state index contributed by atoms with van der Waals surface area (Å²) in [7, 11) is 0. The molecule has 2 fully saturated rings. The third-order valence-corrected chi connectivity index (χ3v) is 5.56. The van der Waals surface area contributed by atoms with E-state index in [0.29, 0.717) is 13.0 Å². The third kappa shape index (κ3) is 3.21. The highest BCUT2D eigenvalue weighted by atomic mass is 79.9. The van der Waals surface area contributed by atoms with Gasteiger partial charge in [-0.25, -0.2) is 8.78 Å². The first kappa shape index (κ1) is 18.7. The van der Waals surface area contributed by atoms with Crippen LogP contribution in [0.15, 0.2) is 16.6 Å². The number of nitrogens with zero attached hydrogens (tertiary/aromatic N) is 3. The molecule has 25 heavy (non-hydrogen) atoms. The summed E-state index contributed by atoms with van der Waals surface area (Å²) in [6.07, 6.45) is 1.43. The zero-order valence-electron chi connectivity index (χ0n) is 13.2.